The van der Waals surface area contributed by atoms with Crippen LogP contribution < -0.4 is 0 Å². The fraction of sp³-hybridized carbons (Fsp3) is 0.947. The highest BCUT2D eigenvalue weighted by molar-refractivity contribution is 5.82. The molecule has 8 atom stereocenters. The average Bonchev–Trinajstić information content (AvgIpc) is 3.98. The number of fused-ring (bicyclic) bond motifs is 1. The fourth-order valence-electron chi connectivity index (χ4n) is 7.29. The first-order chi connectivity index (χ1) is 22.0. The van der Waals surface area contributed by atoms with Gasteiger partial charge in [0.1, 0.15) is 0 Å². The minimum absolute atomic E-state index is 0.115. The smallest absolute Gasteiger partial charge is 0.309 e. The molecule has 0 aromatic carbocycles. The van der Waals surface area contributed by atoms with E-state index in [-0.39, 0.29) is 24.1 Å². The van der Waals surface area contributed by atoms with Gasteiger partial charge in [0.15, 0.2) is 0 Å². The molecule has 1 saturated carbocycles. The van der Waals surface area contributed by atoms with Crippen molar-refractivity contribution in [2.75, 3.05) is 13.2 Å². The minimum atomic E-state index is -0.424. The first-order valence-corrected chi connectivity index (χ1v) is 19.3. The first kappa shape index (κ1) is 36.7. The van der Waals surface area contributed by atoms with Crippen LogP contribution in [0.15, 0.2) is 0 Å². The Morgan fingerprint density at radius 3 is 1.07 bits per heavy atom. The number of epoxide rings is 3. The van der Waals surface area contributed by atoms with Crippen LogP contribution >= 0.6 is 0 Å². The molecule has 0 N–H and O–H groups in total. The van der Waals surface area contributed by atoms with Gasteiger partial charge in [0.05, 0.1) is 61.7 Å². The van der Waals surface area contributed by atoms with E-state index >= 15 is 0 Å². The molecule has 3 heterocycles. The Bertz CT molecular complexity index is 767. The van der Waals surface area contributed by atoms with E-state index in [9.17, 15) is 9.59 Å². The maximum atomic E-state index is 12.9. The van der Waals surface area contributed by atoms with Crippen LogP contribution in [0.2, 0.25) is 0 Å². The summed E-state index contributed by atoms with van der Waals surface area (Å²) in [6, 6.07) is 0. The summed E-state index contributed by atoms with van der Waals surface area (Å²) in [5, 5.41) is 0. The monoisotopic (exact) mass is 634 g/mol. The van der Waals surface area contributed by atoms with Gasteiger partial charge in [-0.3, -0.25) is 9.59 Å². The van der Waals surface area contributed by atoms with Crippen LogP contribution in [-0.2, 0) is 33.3 Å². The van der Waals surface area contributed by atoms with E-state index in [1.54, 1.807) is 0 Å². The highest BCUT2D eigenvalue weighted by Crippen LogP contribution is 2.44. The largest absolute Gasteiger partial charge is 0.465 e. The third-order valence-electron chi connectivity index (χ3n) is 10.7. The number of carbonyl (C=O) groups is 2. The number of esters is 2. The number of hydrogen-bond acceptors (Lipinski definition) is 7. The topological polar surface area (TPSA) is 90.2 Å². The maximum Gasteiger partial charge on any atom is 0.309 e. The van der Waals surface area contributed by atoms with E-state index in [1.165, 1.54) is 116 Å². The molecule has 4 rings (SSSR count). The van der Waals surface area contributed by atoms with Crippen LogP contribution in [0.3, 0.4) is 0 Å². The zero-order valence-electron chi connectivity index (χ0n) is 28.9. The number of rotatable bonds is 28. The molecule has 4 aliphatic rings. The van der Waals surface area contributed by atoms with Crippen molar-refractivity contribution in [1.82, 2.24) is 0 Å². The Balaban J connectivity index is 0.928. The van der Waals surface area contributed by atoms with Crippen LogP contribution in [0.4, 0.5) is 0 Å². The molecular formula is C38H66O7. The molecular weight excluding hydrogens is 568 g/mol. The second-order valence-electron chi connectivity index (χ2n) is 14.6. The quantitative estimate of drug-likeness (QED) is 0.0482. The molecule has 3 aliphatic heterocycles. The number of ether oxygens (including phenoxy) is 5. The Hall–Kier alpha value is -1.18. The summed E-state index contributed by atoms with van der Waals surface area (Å²) < 4.78 is 27.9. The van der Waals surface area contributed by atoms with Gasteiger partial charge in [0.2, 0.25) is 0 Å². The van der Waals surface area contributed by atoms with Crippen molar-refractivity contribution in [3.63, 3.8) is 0 Å². The molecule has 260 valence electrons. The normalized spacial score (nSPS) is 29.6. The molecule has 45 heavy (non-hydrogen) atoms. The van der Waals surface area contributed by atoms with E-state index in [0.29, 0.717) is 50.5 Å². The van der Waals surface area contributed by atoms with E-state index in [0.717, 1.165) is 25.7 Å². The molecule has 0 amide bonds. The number of unbranched alkanes of at least 4 members (excludes halogenated alkanes) is 18. The van der Waals surface area contributed by atoms with Crippen molar-refractivity contribution in [3.05, 3.63) is 0 Å². The standard InChI is InChI=1S/C38H66O7/c1-29-33(43-29)23-19-15-11-7-3-5-9-13-17-21-25-41-37(39)31-27-35-36(45-35)28-32(31)38(40)42-26-22-18-14-10-6-4-8-12-16-20-24-34-30(2)44-34/h29-36H,3-28H2,1-2H3. The predicted molar refractivity (Wildman–Crippen MR) is 177 cm³/mol. The van der Waals surface area contributed by atoms with E-state index < -0.39 is 11.8 Å². The molecule has 0 radical (unpaired) electrons. The van der Waals surface area contributed by atoms with Crippen molar-refractivity contribution >= 4 is 11.9 Å². The lowest BCUT2D eigenvalue weighted by molar-refractivity contribution is -0.162. The van der Waals surface area contributed by atoms with Crippen LogP contribution in [0, 0.1) is 11.8 Å². The Morgan fingerprint density at radius 1 is 0.467 bits per heavy atom. The van der Waals surface area contributed by atoms with Crippen LogP contribution in [0.5, 0.6) is 0 Å². The van der Waals surface area contributed by atoms with Crippen LogP contribution in [0.1, 0.15) is 168 Å². The molecule has 1 aliphatic carbocycles. The second-order valence-corrected chi connectivity index (χ2v) is 14.6. The van der Waals surface area contributed by atoms with E-state index in [4.69, 9.17) is 23.7 Å². The molecule has 7 heteroatoms. The van der Waals surface area contributed by atoms with Gasteiger partial charge in [-0.2, -0.15) is 0 Å². The molecule has 0 aromatic heterocycles. The highest BCUT2D eigenvalue weighted by atomic mass is 16.6. The third kappa shape index (κ3) is 15.1. The molecule has 4 fully saturated rings. The molecule has 8 unspecified atom stereocenters. The summed E-state index contributed by atoms with van der Waals surface area (Å²) >= 11 is 0. The first-order valence-electron chi connectivity index (χ1n) is 19.3. The lowest BCUT2D eigenvalue weighted by Crippen LogP contribution is -2.37. The van der Waals surface area contributed by atoms with Crippen molar-refractivity contribution in [2.45, 2.75) is 205 Å². The van der Waals surface area contributed by atoms with Gasteiger partial charge in [-0.05, 0) is 52.4 Å². The maximum absolute atomic E-state index is 12.9. The SMILES string of the molecule is CC1OC1CCCCCCCCCCCCOC(=O)C1CC2OC2CC1C(=O)OCCCCCCCCCCCCC1OC1C. The van der Waals surface area contributed by atoms with Gasteiger partial charge in [-0.1, -0.05) is 116 Å². The van der Waals surface area contributed by atoms with Gasteiger partial charge in [-0.15, -0.1) is 0 Å². The predicted octanol–water partition coefficient (Wildman–Crippen LogP) is 9.02. The molecule has 0 bridgehead atoms. The third-order valence-corrected chi connectivity index (χ3v) is 10.7. The second kappa shape index (κ2) is 20.9. The van der Waals surface area contributed by atoms with Gasteiger partial charge < -0.3 is 23.7 Å². The van der Waals surface area contributed by atoms with Crippen LogP contribution in [-0.4, -0.2) is 61.8 Å². The molecule has 7 nitrogen and oxygen atoms in total. The Kier molecular flexibility index (Phi) is 17.0. The lowest BCUT2D eigenvalue weighted by Gasteiger charge is -2.26. The number of carbonyl (C=O) groups excluding carboxylic acids is 2. The lowest BCUT2D eigenvalue weighted by atomic mass is 9.79. The highest BCUT2D eigenvalue weighted by Gasteiger charge is 2.53. The summed E-state index contributed by atoms with van der Waals surface area (Å²) in [5.41, 5.74) is 0. The summed E-state index contributed by atoms with van der Waals surface area (Å²) in [7, 11) is 0. The molecule has 0 aromatic rings. The number of hydrogen-bond donors (Lipinski definition) is 0. The summed E-state index contributed by atoms with van der Waals surface area (Å²) in [4.78, 5) is 25.9. The van der Waals surface area contributed by atoms with E-state index in [2.05, 4.69) is 13.8 Å². The van der Waals surface area contributed by atoms with Gasteiger partial charge >= 0.3 is 11.9 Å². The van der Waals surface area contributed by atoms with Crippen molar-refractivity contribution in [2.24, 2.45) is 11.8 Å². The van der Waals surface area contributed by atoms with Gasteiger partial charge in [-0.25, -0.2) is 0 Å². The van der Waals surface area contributed by atoms with Crippen molar-refractivity contribution in [1.29, 1.82) is 0 Å². The van der Waals surface area contributed by atoms with E-state index in [1.807, 2.05) is 0 Å². The molecule has 0 spiro atoms. The fourth-order valence-corrected chi connectivity index (χ4v) is 7.29. The van der Waals surface area contributed by atoms with Gasteiger partial charge in [0, 0.05) is 0 Å². The summed E-state index contributed by atoms with van der Waals surface area (Å²) in [6.45, 7) is 5.23. The summed E-state index contributed by atoms with van der Waals surface area (Å²) in [5.74, 6) is -1.32. The summed E-state index contributed by atoms with van der Waals surface area (Å²) in [6.07, 6.45) is 30.8. The van der Waals surface area contributed by atoms with Crippen molar-refractivity contribution < 1.29 is 33.3 Å². The minimum Gasteiger partial charge on any atom is -0.465 e. The molecule has 3 saturated heterocycles. The zero-order valence-corrected chi connectivity index (χ0v) is 28.9. The van der Waals surface area contributed by atoms with Crippen LogP contribution in [0.25, 0.3) is 0 Å². The Labute approximate surface area is 274 Å². The Morgan fingerprint density at radius 2 is 0.756 bits per heavy atom. The average molecular weight is 635 g/mol. The zero-order chi connectivity index (χ0) is 31.7. The van der Waals surface area contributed by atoms with Crippen molar-refractivity contribution in [3.8, 4) is 0 Å². The van der Waals surface area contributed by atoms with Gasteiger partial charge in [0.25, 0.3) is 0 Å².